The van der Waals surface area contributed by atoms with Crippen molar-refractivity contribution in [3.63, 3.8) is 0 Å². The second-order valence-electron chi connectivity index (χ2n) is 8.61. The van der Waals surface area contributed by atoms with E-state index in [1.807, 2.05) is 17.0 Å². The molecule has 0 bridgehead atoms. The van der Waals surface area contributed by atoms with Crippen LogP contribution in [0.3, 0.4) is 0 Å². The number of nitrogens with zero attached hydrogens (tertiary/aromatic N) is 2. The Hall–Kier alpha value is -3.09. The maximum Gasteiger partial charge on any atom is 0.417 e. The number of alkyl halides is 3. The largest absolute Gasteiger partial charge is 0.496 e. The summed E-state index contributed by atoms with van der Waals surface area (Å²) in [6.45, 7) is 0.663. The number of pyridine rings is 1. The minimum atomic E-state index is -4.46. The van der Waals surface area contributed by atoms with Gasteiger partial charge in [-0.3, -0.25) is 9.78 Å². The Morgan fingerprint density at radius 3 is 2.56 bits per heavy atom. The molecule has 5 rings (SSSR count). The van der Waals surface area contributed by atoms with Gasteiger partial charge in [-0.15, -0.1) is 0 Å². The third-order valence-corrected chi connectivity index (χ3v) is 6.19. The molecular formula is C25H23F3N2O2. The van der Waals surface area contributed by atoms with E-state index in [1.54, 1.807) is 6.07 Å². The van der Waals surface area contributed by atoms with Crippen LogP contribution in [0, 0.1) is 11.8 Å². The lowest BCUT2D eigenvalue weighted by atomic mass is 10.0. The number of carbonyl (C=O) groups excluding carboxylic acids is 1. The summed E-state index contributed by atoms with van der Waals surface area (Å²) >= 11 is 0. The van der Waals surface area contributed by atoms with Crippen LogP contribution < -0.4 is 9.64 Å². The fourth-order valence-electron chi connectivity index (χ4n) is 4.14. The Bertz CT molecular complexity index is 1180. The number of carbonyl (C=O) groups is 1. The van der Waals surface area contributed by atoms with Gasteiger partial charge in [0.1, 0.15) is 5.75 Å². The molecule has 0 atom stereocenters. The minimum absolute atomic E-state index is 0.0698. The Morgan fingerprint density at radius 2 is 1.91 bits per heavy atom. The summed E-state index contributed by atoms with van der Waals surface area (Å²) < 4.78 is 46.3. The van der Waals surface area contributed by atoms with Crippen LogP contribution in [0.4, 0.5) is 24.5 Å². The van der Waals surface area contributed by atoms with Gasteiger partial charge in [0.25, 0.3) is 0 Å². The third kappa shape index (κ3) is 3.92. The second kappa shape index (κ2) is 7.80. The molecule has 3 aromatic rings. The molecular weight excluding hydrogens is 417 g/mol. The minimum Gasteiger partial charge on any atom is -0.496 e. The molecule has 1 heterocycles. The fourth-order valence-corrected chi connectivity index (χ4v) is 4.14. The van der Waals surface area contributed by atoms with E-state index in [-0.39, 0.29) is 17.1 Å². The van der Waals surface area contributed by atoms with Crippen LogP contribution in [0.5, 0.6) is 5.75 Å². The number of fused-ring (bicyclic) bond motifs is 1. The molecule has 0 saturated heterocycles. The van der Waals surface area contributed by atoms with Crippen molar-refractivity contribution in [3.8, 4) is 5.75 Å². The highest BCUT2D eigenvalue weighted by Crippen LogP contribution is 2.43. The fraction of sp³-hybridized carbons (Fsp3) is 0.360. The molecule has 166 valence electrons. The molecule has 2 aliphatic carbocycles. The van der Waals surface area contributed by atoms with Gasteiger partial charge >= 0.3 is 6.18 Å². The quantitative estimate of drug-likeness (QED) is 0.399. The van der Waals surface area contributed by atoms with Crippen LogP contribution in [0.2, 0.25) is 0 Å². The van der Waals surface area contributed by atoms with Crippen molar-refractivity contribution in [1.29, 1.82) is 0 Å². The number of hydrogen-bond acceptors (Lipinski definition) is 4. The van der Waals surface area contributed by atoms with E-state index in [2.05, 4.69) is 4.98 Å². The summed E-state index contributed by atoms with van der Waals surface area (Å²) in [5, 5.41) is 0.0748. The van der Waals surface area contributed by atoms with Crippen molar-refractivity contribution in [1.82, 2.24) is 4.98 Å². The molecule has 4 nitrogen and oxygen atoms in total. The molecule has 0 radical (unpaired) electrons. The van der Waals surface area contributed by atoms with Crippen molar-refractivity contribution in [2.24, 2.45) is 11.8 Å². The van der Waals surface area contributed by atoms with Crippen molar-refractivity contribution in [2.45, 2.75) is 31.9 Å². The van der Waals surface area contributed by atoms with Crippen LogP contribution in [-0.4, -0.2) is 24.4 Å². The first kappa shape index (κ1) is 20.8. The maximum atomic E-state index is 13.6. The lowest BCUT2D eigenvalue weighted by Crippen LogP contribution is -2.21. The van der Waals surface area contributed by atoms with Gasteiger partial charge in [-0.05, 0) is 61.9 Å². The highest BCUT2D eigenvalue weighted by atomic mass is 19.4. The number of ketones is 1. The number of hydrogen-bond donors (Lipinski definition) is 0. The molecule has 2 aromatic carbocycles. The number of rotatable bonds is 7. The molecule has 0 unspecified atom stereocenters. The summed E-state index contributed by atoms with van der Waals surface area (Å²) in [4.78, 5) is 18.9. The maximum absolute atomic E-state index is 13.6. The van der Waals surface area contributed by atoms with Crippen LogP contribution >= 0.6 is 0 Å². The zero-order valence-electron chi connectivity index (χ0n) is 17.7. The van der Waals surface area contributed by atoms with Crippen LogP contribution in [-0.2, 0) is 6.18 Å². The van der Waals surface area contributed by atoms with E-state index in [9.17, 15) is 18.0 Å². The average Bonchev–Trinajstić information content (AvgIpc) is 3.69. The molecule has 0 aliphatic heterocycles. The van der Waals surface area contributed by atoms with Gasteiger partial charge in [0.05, 0.1) is 29.4 Å². The number of methoxy groups -OCH3 is 1. The van der Waals surface area contributed by atoms with E-state index in [0.29, 0.717) is 35.0 Å². The van der Waals surface area contributed by atoms with Gasteiger partial charge in [0.2, 0.25) is 0 Å². The molecule has 2 saturated carbocycles. The number of halogens is 3. The Labute approximate surface area is 184 Å². The van der Waals surface area contributed by atoms with E-state index in [1.165, 1.54) is 31.5 Å². The number of aromatic nitrogens is 1. The van der Waals surface area contributed by atoms with Gasteiger partial charge in [0.15, 0.2) is 5.78 Å². The molecule has 0 amide bonds. The van der Waals surface area contributed by atoms with Gasteiger partial charge in [-0.2, -0.15) is 13.2 Å². The van der Waals surface area contributed by atoms with Crippen LogP contribution in [0.1, 0.15) is 41.6 Å². The lowest BCUT2D eigenvalue weighted by Gasteiger charge is -2.27. The smallest absolute Gasteiger partial charge is 0.417 e. The number of Topliss-reactive ketones (excluding diaryl/α,β-unsaturated/α-hetero) is 1. The predicted molar refractivity (Wildman–Crippen MR) is 117 cm³/mol. The molecule has 0 N–H and O–H groups in total. The molecule has 2 fully saturated rings. The van der Waals surface area contributed by atoms with E-state index in [0.717, 1.165) is 37.4 Å². The number of ether oxygens (including phenoxy) is 1. The van der Waals surface area contributed by atoms with E-state index in [4.69, 9.17) is 4.74 Å². The highest BCUT2D eigenvalue weighted by Gasteiger charge is 2.35. The van der Waals surface area contributed by atoms with Crippen molar-refractivity contribution < 1.29 is 22.7 Å². The topological polar surface area (TPSA) is 42.4 Å². The Balaban J connectivity index is 1.62. The number of benzene rings is 2. The summed E-state index contributed by atoms with van der Waals surface area (Å²) in [5.41, 5.74) is 1.55. The van der Waals surface area contributed by atoms with Gasteiger partial charge in [-0.1, -0.05) is 6.07 Å². The van der Waals surface area contributed by atoms with Crippen molar-refractivity contribution in [2.75, 3.05) is 18.6 Å². The average molecular weight is 440 g/mol. The van der Waals surface area contributed by atoms with Crippen molar-refractivity contribution in [3.05, 3.63) is 59.8 Å². The second-order valence-corrected chi connectivity index (χ2v) is 8.61. The molecule has 32 heavy (non-hydrogen) atoms. The SMILES string of the molecule is COc1cc(N(CC2CC2)c2ccc(C(F)(F)F)c3cccnc23)ccc1C(=O)C1CC1. The normalized spacial score (nSPS) is 16.2. The summed E-state index contributed by atoms with van der Waals surface area (Å²) in [6.07, 6.45) is 1.02. The number of anilines is 2. The van der Waals surface area contributed by atoms with Gasteiger partial charge < -0.3 is 9.64 Å². The lowest BCUT2D eigenvalue weighted by molar-refractivity contribution is -0.136. The third-order valence-electron chi connectivity index (χ3n) is 6.19. The first-order valence-corrected chi connectivity index (χ1v) is 10.8. The molecule has 2 aliphatic rings. The first-order chi connectivity index (χ1) is 15.4. The van der Waals surface area contributed by atoms with Crippen LogP contribution in [0.25, 0.3) is 10.9 Å². The molecule has 1 aromatic heterocycles. The summed E-state index contributed by atoms with van der Waals surface area (Å²) in [6, 6.07) is 11.0. The monoisotopic (exact) mass is 440 g/mol. The van der Waals surface area contributed by atoms with E-state index >= 15 is 0 Å². The summed E-state index contributed by atoms with van der Waals surface area (Å²) in [7, 11) is 1.53. The zero-order valence-corrected chi connectivity index (χ0v) is 17.7. The Kier molecular flexibility index (Phi) is 5.07. The van der Waals surface area contributed by atoms with Crippen LogP contribution in [0.15, 0.2) is 48.7 Å². The Morgan fingerprint density at radius 1 is 1.12 bits per heavy atom. The molecule has 7 heteroatoms. The highest BCUT2D eigenvalue weighted by molar-refractivity contribution is 6.02. The standard InChI is InChI=1S/C25H23F3N2O2/c1-32-22-13-17(8-9-19(22)24(31)16-6-7-16)30(14-15-4-5-15)21-11-10-20(25(26,27)28)18-3-2-12-29-23(18)21/h2-3,8-13,15-16H,4-7,14H2,1H3. The molecule has 0 spiro atoms. The van der Waals surface area contributed by atoms with E-state index < -0.39 is 11.7 Å². The van der Waals surface area contributed by atoms with Gasteiger partial charge in [0, 0.05) is 35.8 Å². The summed E-state index contributed by atoms with van der Waals surface area (Å²) in [5.74, 6) is 1.11. The predicted octanol–water partition coefficient (Wildman–Crippen LogP) is 6.40. The van der Waals surface area contributed by atoms with Crippen molar-refractivity contribution >= 4 is 28.1 Å². The first-order valence-electron chi connectivity index (χ1n) is 10.8. The van der Waals surface area contributed by atoms with Gasteiger partial charge in [-0.25, -0.2) is 0 Å². The zero-order chi connectivity index (χ0) is 22.5.